The maximum absolute atomic E-state index is 14.7. The second-order valence-corrected chi connectivity index (χ2v) is 18.2. The van der Waals surface area contributed by atoms with Crippen molar-refractivity contribution in [3.05, 3.63) is 48.5 Å². The van der Waals surface area contributed by atoms with Gasteiger partial charge in [0.25, 0.3) is 5.91 Å². The average Bonchev–Trinajstić information content (AvgIpc) is 3.53. The second-order valence-electron chi connectivity index (χ2n) is 15.7. The summed E-state index contributed by atoms with van der Waals surface area (Å²) in [6, 6.07) is 5.50. The summed E-state index contributed by atoms with van der Waals surface area (Å²) in [5, 5.41) is 15.0. The standard InChI is InChI=1S/C37H46N8O8S2/c1-6-23-20-37(23,35(49)42-55(50,51)43-16-8-17-43)39-31(46)27-19-24(21-44(27)33(47)28(36(2,3)4)34(48)53-26-9-7-10-26)45-40-29(22-11-13-25(52-5)14-12-22)30(41-45)32-38-15-18-54-32/h6,11-15,18,23-24,26-28H,1,7-10,16-17,19-21H2,2-5H3,(H,39,46)(H,42,49)/t23-,24-,27+,28-,37+/m1/s1. The molecular weight excluding hydrogens is 749 g/mol. The third kappa shape index (κ3) is 7.50. The lowest BCUT2D eigenvalue weighted by atomic mass is 9.79. The van der Waals surface area contributed by atoms with Crippen LogP contribution in [0.3, 0.4) is 0 Å². The number of hydrogen-bond acceptors (Lipinski definition) is 12. The largest absolute Gasteiger partial charge is 0.497 e. The van der Waals surface area contributed by atoms with Crippen LogP contribution in [0.1, 0.15) is 65.3 Å². The first kappa shape index (κ1) is 38.6. The fourth-order valence-corrected chi connectivity index (χ4v) is 9.14. The molecule has 0 spiro atoms. The Bertz CT molecular complexity index is 2070. The highest BCUT2D eigenvalue weighted by Crippen LogP contribution is 2.46. The molecule has 7 rings (SSSR count). The van der Waals surface area contributed by atoms with Gasteiger partial charge in [-0.15, -0.1) is 23.0 Å². The molecule has 4 fully saturated rings. The molecule has 4 heterocycles. The highest BCUT2D eigenvalue weighted by molar-refractivity contribution is 7.87. The molecule has 3 amide bonds. The number of amides is 3. The number of aromatic nitrogens is 4. The number of carbonyl (C=O) groups excluding carboxylic acids is 4. The van der Waals surface area contributed by atoms with Crippen LogP contribution >= 0.6 is 11.3 Å². The van der Waals surface area contributed by atoms with E-state index >= 15 is 0 Å². The predicted molar refractivity (Wildman–Crippen MR) is 201 cm³/mol. The molecule has 2 saturated carbocycles. The molecule has 2 saturated heterocycles. The Morgan fingerprint density at radius 2 is 1.78 bits per heavy atom. The van der Waals surface area contributed by atoms with E-state index in [0.29, 0.717) is 28.6 Å². The van der Waals surface area contributed by atoms with Gasteiger partial charge in [-0.1, -0.05) is 26.8 Å². The van der Waals surface area contributed by atoms with Crippen LogP contribution in [0, 0.1) is 17.3 Å². The number of thiazole rings is 1. The molecule has 1 aromatic carbocycles. The Morgan fingerprint density at radius 3 is 2.33 bits per heavy atom. The van der Waals surface area contributed by atoms with Gasteiger partial charge >= 0.3 is 16.2 Å². The van der Waals surface area contributed by atoms with Crippen molar-refractivity contribution >= 4 is 45.2 Å². The first-order valence-corrected chi connectivity index (χ1v) is 20.8. The minimum atomic E-state index is -4.11. The number of nitrogens with one attached hydrogen (secondary N) is 2. The second kappa shape index (κ2) is 14.8. The summed E-state index contributed by atoms with van der Waals surface area (Å²) >= 11 is 1.39. The topological polar surface area (TPSA) is 195 Å². The third-order valence-electron chi connectivity index (χ3n) is 10.9. The monoisotopic (exact) mass is 794 g/mol. The molecule has 0 unspecified atom stereocenters. The van der Waals surface area contributed by atoms with Gasteiger partial charge in [0.2, 0.25) is 11.8 Å². The molecule has 16 nitrogen and oxygen atoms in total. The maximum Gasteiger partial charge on any atom is 0.319 e. The van der Waals surface area contributed by atoms with Crippen LogP contribution in [-0.4, -0.2) is 106 Å². The Labute approximate surface area is 323 Å². The SMILES string of the molecule is C=C[C@@H]1C[C@@]1(NC(=O)[C@@H]1C[C@@H](n2nc(-c3ccc(OC)cc3)c(-c3nccs3)n2)CN1C(=O)[C@H](C(=O)OC1CCC1)C(C)(C)C)C(=O)NS(=O)(=O)N1CCC1. The van der Waals surface area contributed by atoms with Gasteiger partial charge in [-0.05, 0) is 61.8 Å². The summed E-state index contributed by atoms with van der Waals surface area (Å²) in [7, 11) is -2.54. The number of rotatable bonds is 13. The van der Waals surface area contributed by atoms with E-state index in [4.69, 9.17) is 19.7 Å². The van der Waals surface area contributed by atoms with Crippen molar-refractivity contribution in [2.24, 2.45) is 17.3 Å². The molecule has 5 atom stereocenters. The Morgan fingerprint density at radius 1 is 1.07 bits per heavy atom. The summed E-state index contributed by atoms with van der Waals surface area (Å²) < 4.78 is 40.2. The van der Waals surface area contributed by atoms with Crippen molar-refractivity contribution in [3.8, 4) is 27.7 Å². The van der Waals surface area contributed by atoms with Gasteiger partial charge in [-0.3, -0.25) is 19.2 Å². The van der Waals surface area contributed by atoms with Crippen LogP contribution in [0.25, 0.3) is 22.0 Å². The Kier molecular flexibility index (Phi) is 10.4. The molecule has 2 N–H and O–H groups in total. The number of hydrogen-bond donors (Lipinski definition) is 2. The Balaban J connectivity index is 1.22. The lowest BCUT2D eigenvalue weighted by Gasteiger charge is -2.35. The van der Waals surface area contributed by atoms with E-state index in [0.717, 1.165) is 29.1 Å². The number of likely N-dealkylation sites (tertiary alicyclic amines) is 1. The van der Waals surface area contributed by atoms with Crippen molar-refractivity contribution in [1.29, 1.82) is 0 Å². The Hall–Kier alpha value is -4.68. The average molecular weight is 795 g/mol. The third-order valence-corrected chi connectivity index (χ3v) is 13.2. The lowest BCUT2D eigenvalue weighted by Crippen LogP contribution is -2.59. The van der Waals surface area contributed by atoms with E-state index in [1.807, 2.05) is 17.5 Å². The van der Waals surface area contributed by atoms with Crippen LogP contribution in [0.2, 0.25) is 0 Å². The molecule has 2 aromatic heterocycles. The zero-order chi connectivity index (χ0) is 39.3. The molecule has 0 radical (unpaired) electrons. The molecular formula is C37H46N8O8S2. The number of ether oxygens (including phenoxy) is 2. The van der Waals surface area contributed by atoms with E-state index in [-0.39, 0.29) is 38.6 Å². The fraction of sp³-hybridized carbons (Fsp3) is 0.541. The van der Waals surface area contributed by atoms with Crippen molar-refractivity contribution in [2.45, 2.75) is 83.0 Å². The van der Waals surface area contributed by atoms with Crippen LogP contribution in [0.4, 0.5) is 0 Å². The summed E-state index contributed by atoms with van der Waals surface area (Å²) in [4.78, 5) is 63.8. The summed E-state index contributed by atoms with van der Waals surface area (Å²) in [6.07, 6.45) is 6.10. The fourth-order valence-electron chi connectivity index (χ4n) is 7.24. The van der Waals surface area contributed by atoms with Crippen LogP contribution in [-0.2, 0) is 34.1 Å². The van der Waals surface area contributed by atoms with Crippen molar-refractivity contribution in [3.63, 3.8) is 0 Å². The molecule has 4 aliphatic rings. The molecule has 2 aliphatic heterocycles. The normalized spacial score (nSPS) is 24.6. The van der Waals surface area contributed by atoms with E-state index in [1.54, 1.807) is 46.2 Å². The molecule has 0 bridgehead atoms. The highest BCUT2D eigenvalue weighted by Gasteiger charge is 2.62. The van der Waals surface area contributed by atoms with Crippen molar-refractivity contribution in [2.75, 3.05) is 26.7 Å². The van der Waals surface area contributed by atoms with Crippen molar-refractivity contribution < 1.29 is 37.1 Å². The number of methoxy groups -OCH3 is 1. The first-order chi connectivity index (χ1) is 26.1. The van der Waals surface area contributed by atoms with Crippen LogP contribution in [0.15, 0.2) is 48.5 Å². The summed E-state index contributed by atoms with van der Waals surface area (Å²) in [5.74, 6) is -3.95. The van der Waals surface area contributed by atoms with Crippen molar-refractivity contribution in [1.82, 2.24) is 39.2 Å². The summed E-state index contributed by atoms with van der Waals surface area (Å²) in [5.41, 5.74) is -0.689. The number of nitrogens with zero attached hydrogens (tertiary/aromatic N) is 6. The lowest BCUT2D eigenvalue weighted by molar-refractivity contribution is -0.169. The van der Waals surface area contributed by atoms with Gasteiger partial charge in [0, 0.05) is 49.1 Å². The number of carbonyl (C=O) groups is 4. The van der Waals surface area contributed by atoms with E-state index in [9.17, 15) is 27.6 Å². The zero-order valence-electron chi connectivity index (χ0n) is 31.3. The number of esters is 1. The van der Waals surface area contributed by atoms with Gasteiger partial charge in [-0.2, -0.15) is 22.6 Å². The summed E-state index contributed by atoms with van der Waals surface area (Å²) in [6.45, 7) is 9.64. The van der Waals surface area contributed by atoms with Crippen LogP contribution < -0.4 is 14.8 Å². The van der Waals surface area contributed by atoms with Gasteiger partial charge in [-0.25, -0.2) is 9.71 Å². The van der Waals surface area contributed by atoms with Crippen LogP contribution in [0.5, 0.6) is 5.75 Å². The molecule has 18 heteroatoms. The molecule has 294 valence electrons. The van der Waals surface area contributed by atoms with E-state index < -0.39 is 68.8 Å². The smallest absolute Gasteiger partial charge is 0.319 e. The minimum absolute atomic E-state index is 0.0304. The maximum atomic E-state index is 14.7. The van der Waals surface area contributed by atoms with E-state index in [1.165, 1.54) is 27.1 Å². The molecule has 3 aromatic rings. The van der Waals surface area contributed by atoms with E-state index in [2.05, 4.69) is 21.6 Å². The first-order valence-electron chi connectivity index (χ1n) is 18.4. The quantitative estimate of drug-likeness (QED) is 0.147. The van der Waals surface area contributed by atoms with Gasteiger partial charge < -0.3 is 19.7 Å². The number of benzene rings is 1. The highest BCUT2D eigenvalue weighted by atomic mass is 32.2. The molecule has 2 aliphatic carbocycles. The van der Waals surface area contributed by atoms with Gasteiger partial charge in [0.1, 0.15) is 45.7 Å². The van der Waals surface area contributed by atoms with Gasteiger partial charge in [0.05, 0.1) is 13.2 Å². The predicted octanol–water partition coefficient (Wildman–Crippen LogP) is 3.10. The zero-order valence-corrected chi connectivity index (χ0v) is 32.9. The minimum Gasteiger partial charge on any atom is -0.497 e. The molecule has 55 heavy (non-hydrogen) atoms. The van der Waals surface area contributed by atoms with Gasteiger partial charge in [0.15, 0.2) is 0 Å².